The number of benzene rings is 2. The molecule has 0 amide bonds. The molecule has 3 N–H and O–H groups in total. The smallest absolute Gasteiger partial charge is 0.271 e. The van der Waals surface area contributed by atoms with E-state index in [1.807, 2.05) is 0 Å². The molecule has 0 spiro atoms. The first-order chi connectivity index (χ1) is 11.6. The first-order valence-corrected chi connectivity index (χ1v) is 7.73. The highest BCUT2D eigenvalue weighted by molar-refractivity contribution is 6.30. The van der Waals surface area contributed by atoms with Gasteiger partial charge >= 0.3 is 0 Å². The van der Waals surface area contributed by atoms with Crippen LogP contribution in [0.1, 0.15) is 0 Å². The van der Waals surface area contributed by atoms with E-state index < -0.39 is 4.92 Å². The van der Waals surface area contributed by atoms with Gasteiger partial charge in [0.25, 0.3) is 5.69 Å². The number of non-ortho nitro benzene ring substituents is 1. The van der Waals surface area contributed by atoms with Gasteiger partial charge in [-0.3, -0.25) is 10.1 Å². The average Bonchev–Trinajstić information content (AvgIpc) is 2.58. The summed E-state index contributed by atoms with van der Waals surface area (Å²) in [6, 6.07) is 11.5. The van der Waals surface area contributed by atoms with Crippen LogP contribution in [0, 0.1) is 10.1 Å². The Bertz CT molecular complexity index is 680. The maximum absolute atomic E-state index is 10.9. The molecule has 128 valence electrons. The summed E-state index contributed by atoms with van der Waals surface area (Å²) < 4.78 is 5.57. The summed E-state index contributed by atoms with van der Waals surface area (Å²) in [6.45, 7) is 1.16. The highest BCUT2D eigenvalue weighted by Gasteiger charge is 2.10. The Morgan fingerprint density at radius 2 is 1.79 bits per heavy atom. The quantitative estimate of drug-likeness (QED) is 0.365. The number of halogens is 1. The molecule has 0 aliphatic rings. The molecule has 0 saturated carbocycles. The van der Waals surface area contributed by atoms with E-state index >= 15 is 0 Å². The minimum Gasteiger partial charge on any atom is -0.492 e. The molecular formula is C16H18ClN3O4. The Morgan fingerprint density at radius 1 is 1.08 bits per heavy atom. The number of aliphatic hydroxyl groups excluding tert-OH is 1. The van der Waals surface area contributed by atoms with Gasteiger partial charge in [0.2, 0.25) is 0 Å². The SMILES string of the molecule is O=[N+]([O-])c1ccc(NCCO)c(NCCOc2ccc(Cl)cc2)c1. The number of nitro benzene ring substituents is 1. The molecule has 0 aliphatic carbocycles. The molecule has 0 unspecified atom stereocenters. The summed E-state index contributed by atoms with van der Waals surface area (Å²) in [5.74, 6) is 0.693. The third-order valence-corrected chi connectivity index (χ3v) is 3.39. The maximum atomic E-state index is 10.9. The van der Waals surface area contributed by atoms with E-state index in [1.54, 1.807) is 30.3 Å². The molecule has 0 aromatic heterocycles. The number of nitrogens with zero attached hydrogens (tertiary/aromatic N) is 1. The molecule has 7 nitrogen and oxygen atoms in total. The monoisotopic (exact) mass is 351 g/mol. The Labute approximate surface area is 144 Å². The first kappa shape index (κ1) is 17.8. The van der Waals surface area contributed by atoms with Crippen molar-refractivity contribution in [2.45, 2.75) is 0 Å². The van der Waals surface area contributed by atoms with E-state index in [4.69, 9.17) is 21.4 Å². The van der Waals surface area contributed by atoms with Gasteiger partial charge in [0.15, 0.2) is 0 Å². The number of anilines is 2. The van der Waals surface area contributed by atoms with Crippen LogP contribution in [0.25, 0.3) is 0 Å². The van der Waals surface area contributed by atoms with Crippen LogP contribution in [0.4, 0.5) is 17.1 Å². The van der Waals surface area contributed by atoms with Crippen molar-refractivity contribution < 1.29 is 14.8 Å². The van der Waals surface area contributed by atoms with Gasteiger partial charge in [0.05, 0.1) is 22.9 Å². The van der Waals surface area contributed by atoms with Crippen LogP contribution in [0.2, 0.25) is 5.02 Å². The van der Waals surface area contributed by atoms with Gasteiger partial charge in [-0.1, -0.05) is 11.6 Å². The molecule has 24 heavy (non-hydrogen) atoms. The Kier molecular flexibility index (Phi) is 6.65. The number of hydrogen-bond donors (Lipinski definition) is 3. The van der Waals surface area contributed by atoms with Gasteiger partial charge in [0, 0.05) is 30.2 Å². The predicted octanol–water partition coefficient (Wildman–Crippen LogP) is 3.14. The second-order valence-corrected chi connectivity index (χ2v) is 5.30. The number of nitro groups is 1. The highest BCUT2D eigenvalue weighted by Crippen LogP contribution is 2.26. The minimum absolute atomic E-state index is 0.00864. The van der Waals surface area contributed by atoms with Gasteiger partial charge in [-0.05, 0) is 30.3 Å². The van der Waals surface area contributed by atoms with Crippen molar-refractivity contribution in [3.05, 3.63) is 57.6 Å². The standard InChI is InChI=1S/C16H18ClN3O4/c17-12-1-4-14(5-2-12)24-10-8-19-16-11-13(20(22)23)3-6-15(16)18-7-9-21/h1-6,11,18-19,21H,7-10H2. The molecular weight excluding hydrogens is 334 g/mol. The summed E-state index contributed by atoms with van der Waals surface area (Å²) in [5, 5.41) is 26.5. The van der Waals surface area contributed by atoms with Gasteiger partial charge in [-0.25, -0.2) is 0 Å². The molecule has 2 rings (SSSR count). The summed E-state index contributed by atoms with van der Waals surface area (Å²) in [5.41, 5.74) is 1.25. The fraction of sp³-hybridized carbons (Fsp3) is 0.250. The zero-order chi connectivity index (χ0) is 17.4. The lowest BCUT2D eigenvalue weighted by atomic mass is 10.2. The molecule has 0 heterocycles. The molecule has 0 atom stereocenters. The van der Waals surface area contributed by atoms with Crippen LogP contribution >= 0.6 is 11.6 Å². The minimum atomic E-state index is -0.453. The van der Waals surface area contributed by atoms with Crippen LogP contribution in [0.3, 0.4) is 0 Å². The molecule has 8 heteroatoms. The molecule has 0 bridgehead atoms. The largest absolute Gasteiger partial charge is 0.492 e. The lowest BCUT2D eigenvalue weighted by Gasteiger charge is -2.14. The molecule has 0 radical (unpaired) electrons. The highest BCUT2D eigenvalue weighted by atomic mass is 35.5. The maximum Gasteiger partial charge on any atom is 0.271 e. The van der Waals surface area contributed by atoms with E-state index in [2.05, 4.69) is 10.6 Å². The summed E-state index contributed by atoms with van der Waals surface area (Å²) in [7, 11) is 0. The van der Waals surface area contributed by atoms with Crippen molar-refractivity contribution in [1.82, 2.24) is 0 Å². The number of nitrogens with one attached hydrogen (secondary N) is 2. The lowest BCUT2D eigenvalue weighted by Crippen LogP contribution is -2.14. The first-order valence-electron chi connectivity index (χ1n) is 7.35. The topological polar surface area (TPSA) is 96.7 Å². The van der Waals surface area contributed by atoms with Crippen LogP contribution in [-0.4, -0.2) is 36.3 Å². The van der Waals surface area contributed by atoms with Gasteiger partial charge < -0.3 is 20.5 Å². The normalized spacial score (nSPS) is 10.2. The van der Waals surface area contributed by atoms with Crippen LogP contribution < -0.4 is 15.4 Å². The zero-order valence-corrected chi connectivity index (χ0v) is 13.6. The van der Waals surface area contributed by atoms with E-state index in [-0.39, 0.29) is 12.3 Å². The third kappa shape index (κ3) is 5.29. The van der Waals surface area contributed by atoms with Crippen LogP contribution in [-0.2, 0) is 0 Å². The van der Waals surface area contributed by atoms with Crippen molar-refractivity contribution >= 4 is 28.7 Å². The fourth-order valence-electron chi connectivity index (χ4n) is 2.02. The van der Waals surface area contributed by atoms with Crippen molar-refractivity contribution in [2.24, 2.45) is 0 Å². The third-order valence-electron chi connectivity index (χ3n) is 3.14. The van der Waals surface area contributed by atoms with E-state index in [1.165, 1.54) is 12.1 Å². The molecule has 0 fully saturated rings. The van der Waals surface area contributed by atoms with Crippen LogP contribution in [0.5, 0.6) is 5.75 Å². The Balaban J connectivity index is 1.94. The summed E-state index contributed by atoms with van der Waals surface area (Å²) in [6.07, 6.45) is 0. The molecule has 0 aliphatic heterocycles. The van der Waals surface area contributed by atoms with Crippen molar-refractivity contribution in [3.8, 4) is 5.75 Å². The summed E-state index contributed by atoms with van der Waals surface area (Å²) in [4.78, 5) is 10.4. The molecule has 2 aromatic carbocycles. The van der Waals surface area contributed by atoms with Crippen molar-refractivity contribution in [3.63, 3.8) is 0 Å². The van der Waals surface area contributed by atoms with Crippen LogP contribution in [0.15, 0.2) is 42.5 Å². The molecule has 0 saturated heterocycles. The zero-order valence-electron chi connectivity index (χ0n) is 12.9. The predicted molar refractivity (Wildman–Crippen MR) is 94.1 cm³/mol. The van der Waals surface area contributed by atoms with Gasteiger partial charge in [0.1, 0.15) is 12.4 Å². The van der Waals surface area contributed by atoms with Gasteiger partial charge in [-0.15, -0.1) is 0 Å². The fourth-order valence-corrected chi connectivity index (χ4v) is 2.15. The number of rotatable bonds is 9. The van der Waals surface area contributed by atoms with E-state index in [0.29, 0.717) is 41.8 Å². The number of hydrogen-bond acceptors (Lipinski definition) is 6. The lowest BCUT2D eigenvalue weighted by molar-refractivity contribution is -0.384. The number of aliphatic hydroxyl groups is 1. The van der Waals surface area contributed by atoms with Crippen molar-refractivity contribution in [2.75, 3.05) is 36.9 Å². The van der Waals surface area contributed by atoms with Gasteiger partial charge in [-0.2, -0.15) is 0 Å². The average molecular weight is 352 g/mol. The molecule has 2 aromatic rings. The second kappa shape index (κ2) is 8.95. The van der Waals surface area contributed by atoms with E-state index in [0.717, 1.165) is 0 Å². The van der Waals surface area contributed by atoms with E-state index in [9.17, 15) is 10.1 Å². The second-order valence-electron chi connectivity index (χ2n) is 4.87. The number of ether oxygens (including phenoxy) is 1. The summed E-state index contributed by atoms with van der Waals surface area (Å²) >= 11 is 5.80. The Hall–Kier alpha value is -2.51. The Morgan fingerprint density at radius 3 is 2.46 bits per heavy atom. The van der Waals surface area contributed by atoms with Crippen molar-refractivity contribution in [1.29, 1.82) is 0 Å².